The lowest BCUT2D eigenvalue weighted by Crippen LogP contribution is -2.28. The predicted octanol–water partition coefficient (Wildman–Crippen LogP) is 15.9. The molecule has 0 atom stereocenters. The van der Waals surface area contributed by atoms with Gasteiger partial charge in [-0.05, 0) is 184 Å². The molecule has 0 aliphatic carbocycles. The number of hydrogen-bond acceptors (Lipinski definition) is 8. The van der Waals surface area contributed by atoms with Crippen molar-refractivity contribution in [3.8, 4) is 44.9 Å². The summed E-state index contributed by atoms with van der Waals surface area (Å²) in [6.07, 6.45) is 11.0. The standard InChI is InChI=1S/C34H28N2O6.C16H16N2.C16H12N2.C8H6BrN/c1-41-31-17-21(9-11-23(31)19-37)33(39)35-15-13-27-25(5-3-7-29(27)35)26-6-4-8-30-28(26)14-16-36(30)34(40)22-10-12-24(20-38)32(18-22)42-2;2*1-3-11(13-7-9-17-15(13)5-1)12-4-2-6-16-14(12)8-10-18-16;9-7-2-1-3-8-6(7)4-5-10-8/h3-12,17-20H,13-16H2,1-2H3;1-6,17-18H,7-10H2;1-10,17-18H;1-5,10H. The molecule has 88 heavy (non-hydrogen) atoms. The Morgan fingerprint density at radius 1 is 0.432 bits per heavy atom. The third kappa shape index (κ3) is 10.8. The number of ether oxygens (including phenoxy) is 2. The molecule has 0 unspecified atom stereocenters. The van der Waals surface area contributed by atoms with Gasteiger partial charge in [-0.25, -0.2) is 0 Å². The van der Waals surface area contributed by atoms with Gasteiger partial charge in [0, 0.05) is 116 Å². The second-order valence-corrected chi connectivity index (χ2v) is 22.7. The van der Waals surface area contributed by atoms with Gasteiger partial charge in [-0.15, -0.1) is 0 Å². The fourth-order valence-electron chi connectivity index (χ4n) is 12.9. The number of benzene rings is 9. The molecular weight excluding hydrogens is 1160 g/mol. The molecule has 0 saturated heterocycles. The molecule has 4 aliphatic heterocycles. The summed E-state index contributed by atoms with van der Waals surface area (Å²) >= 11 is 3.46. The molecule has 9 aromatic carbocycles. The Kier molecular flexibility index (Phi) is 16.0. The molecule has 13 nitrogen and oxygen atoms in total. The Morgan fingerprint density at radius 3 is 1.25 bits per heavy atom. The van der Waals surface area contributed by atoms with Crippen LogP contribution in [0.25, 0.3) is 66.1 Å². The fourth-order valence-corrected chi connectivity index (χ4v) is 13.4. The van der Waals surface area contributed by atoms with Gasteiger partial charge in [-0.1, -0.05) is 94.8 Å². The predicted molar refractivity (Wildman–Crippen MR) is 357 cm³/mol. The van der Waals surface area contributed by atoms with Crippen molar-refractivity contribution in [3.63, 3.8) is 0 Å². The number of aldehydes is 2. The van der Waals surface area contributed by atoms with Crippen molar-refractivity contribution in [1.29, 1.82) is 0 Å². The van der Waals surface area contributed by atoms with E-state index in [0.29, 0.717) is 72.3 Å². The molecule has 0 fully saturated rings. The summed E-state index contributed by atoms with van der Waals surface area (Å²) in [7, 11) is 2.95. The van der Waals surface area contributed by atoms with Gasteiger partial charge in [-0.3, -0.25) is 19.2 Å². The number of nitrogens with zero attached hydrogens (tertiary/aromatic N) is 2. The second-order valence-electron chi connectivity index (χ2n) is 21.9. The Hall–Kier alpha value is -10.4. The highest BCUT2D eigenvalue weighted by Crippen LogP contribution is 2.44. The summed E-state index contributed by atoms with van der Waals surface area (Å²) < 4.78 is 11.8. The van der Waals surface area contributed by atoms with Gasteiger partial charge in [-0.2, -0.15) is 0 Å². The largest absolute Gasteiger partial charge is 0.496 e. The van der Waals surface area contributed by atoms with Crippen LogP contribution in [0.3, 0.4) is 0 Å². The highest BCUT2D eigenvalue weighted by atomic mass is 79.9. The summed E-state index contributed by atoms with van der Waals surface area (Å²) in [5.41, 5.74) is 22.1. The van der Waals surface area contributed by atoms with Crippen LogP contribution >= 0.6 is 15.9 Å². The number of rotatable bonds is 9. The molecule has 436 valence electrons. The molecule has 16 rings (SSSR count). The van der Waals surface area contributed by atoms with Crippen LogP contribution in [0.15, 0.2) is 205 Å². The third-order valence-electron chi connectivity index (χ3n) is 17.1. The van der Waals surface area contributed by atoms with E-state index in [1.165, 1.54) is 91.7 Å². The van der Waals surface area contributed by atoms with Crippen molar-refractivity contribution >= 4 is 95.8 Å². The van der Waals surface area contributed by atoms with Gasteiger partial charge in [0.1, 0.15) is 11.5 Å². The number of fused-ring (bicyclic) bond motifs is 7. The van der Waals surface area contributed by atoms with Crippen LogP contribution in [0, 0.1) is 0 Å². The van der Waals surface area contributed by atoms with E-state index in [1.807, 2.05) is 55.0 Å². The van der Waals surface area contributed by atoms with Crippen molar-refractivity contribution in [1.82, 2.24) is 15.0 Å². The van der Waals surface area contributed by atoms with Crippen LogP contribution in [-0.4, -0.2) is 79.7 Å². The lowest BCUT2D eigenvalue weighted by Gasteiger charge is -2.20. The number of carbonyl (C=O) groups excluding carboxylic acids is 4. The van der Waals surface area contributed by atoms with Crippen molar-refractivity contribution in [2.45, 2.75) is 25.7 Å². The first kappa shape index (κ1) is 56.7. The first-order chi connectivity index (χ1) is 43.2. The van der Waals surface area contributed by atoms with E-state index in [2.05, 4.69) is 151 Å². The van der Waals surface area contributed by atoms with E-state index in [0.717, 1.165) is 64.0 Å². The van der Waals surface area contributed by atoms with Crippen LogP contribution in [0.2, 0.25) is 0 Å². The molecule has 12 aromatic rings. The van der Waals surface area contributed by atoms with Crippen LogP contribution in [0.4, 0.5) is 22.7 Å². The average Bonchev–Trinajstić information content (AvgIpc) is 2.28. The molecule has 14 heteroatoms. The topological polar surface area (TPSA) is 165 Å². The number of aromatic nitrogens is 3. The number of amides is 2. The summed E-state index contributed by atoms with van der Waals surface area (Å²) in [6.45, 7) is 3.20. The fraction of sp³-hybridized carbons (Fsp3) is 0.135. The zero-order valence-electron chi connectivity index (χ0n) is 48.6. The molecule has 3 aromatic heterocycles. The first-order valence-corrected chi connectivity index (χ1v) is 30.2. The van der Waals surface area contributed by atoms with E-state index < -0.39 is 0 Å². The highest BCUT2D eigenvalue weighted by Gasteiger charge is 2.32. The summed E-state index contributed by atoms with van der Waals surface area (Å²) in [4.78, 5) is 62.9. The Morgan fingerprint density at radius 2 is 0.818 bits per heavy atom. The van der Waals surface area contributed by atoms with Gasteiger partial charge in [0.2, 0.25) is 0 Å². The summed E-state index contributed by atoms with van der Waals surface area (Å²) in [5.74, 6) is 0.405. The molecule has 5 N–H and O–H groups in total. The van der Waals surface area contributed by atoms with Gasteiger partial charge >= 0.3 is 0 Å². The van der Waals surface area contributed by atoms with Crippen LogP contribution in [0.5, 0.6) is 11.5 Å². The number of H-pyrrole nitrogens is 3. The van der Waals surface area contributed by atoms with Crippen molar-refractivity contribution in [2.24, 2.45) is 0 Å². The molecule has 4 aliphatic rings. The quantitative estimate of drug-likeness (QED) is 0.0892. The SMILES string of the molecule is Brc1cccc2[nH]ccc12.COc1cc(C(=O)N2CCc3c(-c4cccc5c4CCN5C(=O)c4ccc(C=O)c(OC)c4)cccc32)ccc1C=O.c1cc(-c2cccc3[nH]ccc23)c2cc[nH]c2c1.c1cc2c(c(-c3cccc4c3CCN4)c1)CCN2. The third-order valence-corrected chi connectivity index (χ3v) is 17.8. The summed E-state index contributed by atoms with van der Waals surface area (Å²) in [5, 5.41) is 10.7. The van der Waals surface area contributed by atoms with Gasteiger partial charge in [0.05, 0.1) is 25.3 Å². The molecular formula is C74H62BrN7O6. The number of anilines is 4. The minimum absolute atomic E-state index is 0.160. The Bertz CT molecular complexity index is 4400. The van der Waals surface area contributed by atoms with Gasteiger partial charge < -0.3 is 44.9 Å². The monoisotopic (exact) mass is 1220 g/mol. The van der Waals surface area contributed by atoms with Crippen molar-refractivity contribution in [3.05, 3.63) is 250 Å². The zero-order valence-corrected chi connectivity index (χ0v) is 50.2. The van der Waals surface area contributed by atoms with Gasteiger partial charge in [0.25, 0.3) is 11.8 Å². The number of hydrogen-bond donors (Lipinski definition) is 5. The van der Waals surface area contributed by atoms with E-state index in [4.69, 9.17) is 9.47 Å². The lowest BCUT2D eigenvalue weighted by atomic mass is 9.93. The summed E-state index contributed by atoms with van der Waals surface area (Å²) in [6, 6.07) is 60.1. The van der Waals surface area contributed by atoms with Gasteiger partial charge in [0.15, 0.2) is 12.6 Å². The Balaban J connectivity index is 0.000000126. The number of carbonyl (C=O) groups is 4. The maximum atomic E-state index is 13.6. The van der Waals surface area contributed by atoms with E-state index >= 15 is 0 Å². The maximum absolute atomic E-state index is 13.6. The highest BCUT2D eigenvalue weighted by molar-refractivity contribution is 9.10. The minimum Gasteiger partial charge on any atom is -0.496 e. The molecule has 0 saturated carbocycles. The average molecular weight is 1230 g/mol. The molecule has 0 spiro atoms. The van der Waals surface area contributed by atoms with Crippen molar-refractivity contribution < 1.29 is 28.7 Å². The molecule has 0 radical (unpaired) electrons. The first-order valence-electron chi connectivity index (χ1n) is 29.4. The molecule has 0 bridgehead atoms. The van der Waals surface area contributed by atoms with Crippen LogP contribution in [-0.2, 0) is 25.7 Å². The van der Waals surface area contributed by atoms with E-state index in [-0.39, 0.29) is 11.8 Å². The Labute approximate surface area is 517 Å². The van der Waals surface area contributed by atoms with E-state index in [1.54, 1.807) is 46.2 Å². The van der Waals surface area contributed by atoms with Crippen LogP contribution < -0.4 is 29.9 Å². The van der Waals surface area contributed by atoms with Crippen LogP contribution in [0.1, 0.15) is 63.7 Å². The lowest BCUT2D eigenvalue weighted by molar-refractivity contribution is 0.0981. The number of halogens is 1. The van der Waals surface area contributed by atoms with E-state index in [9.17, 15) is 19.2 Å². The minimum atomic E-state index is -0.160. The zero-order chi connectivity index (χ0) is 60.3. The second kappa shape index (κ2) is 24.9. The molecule has 7 heterocycles. The number of methoxy groups -OCH3 is 2. The number of nitrogens with one attached hydrogen (secondary N) is 5. The van der Waals surface area contributed by atoms with Crippen molar-refractivity contribution in [2.75, 3.05) is 60.8 Å². The smallest absolute Gasteiger partial charge is 0.258 e. The number of aromatic amines is 3. The maximum Gasteiger partial charge on any atom is 0.258 e. The normalized spacial score (nSPS) is 13.1. The molecule has 2 amide bonds.